The number of para-hydroxylation sites is 1. The number of aryl methyl sites for hydroxylation is 1. The van der Waals surface area contributed by atoms with Crippen LogP contribution in [0.2, 0.25) is 0 Å². The fourth-order valence-corrected chi connectivity index (χ4v) is 2.18. The Balaban J connectivity index is 1.76. The highest BCUT2D eigenvalue weighted by Crippen LogP contribution is 2.12. The Kier molecular flexibility index (Phi) is 5.89. The largest absolute Gasteiger partial charge is 0.372 e. The van der Waals surface area contributed by atoms with Gasteiger partial charge in [-0.05, 0) is 32.4 Å². The van der Waals surface area contributed by atoms with Crippen molar-refractivity contribution in [3.8, 4) is 0 Å². The van der Waals surface area contributed by atoms with Crippen LogP contribution >= 0.6 is 0 Å². The zero-order chi connectivity index (χ0) is 15.8. The molecule has 1 aromatic carbocycles. The maximum Gasteiger partial charge on any atom is 0.271 e. The minimum atomic E-state index is -0.171. The average Bonchev–Trinajstić information content (AvgIpc) is 2.56. The van der Waals surface area contributed by atoms with Gasteiger partial charge in [0.25, 0.3) is 5.91 Å². The summed E-state index contributed by atoms with van der Waals surface area (Å²) in [7, 11) is 0. The van der Waals surface area contributed by atoms with Gasteiger partial charge in [0.1, 0.15) is 5.69 Å². The summed E-state index contributed by atoms with van der Waals surface area (Å²) in [5.41, 5.74) is 2.37. The number of benzene rings is 1. The molecular formula is C17H22N4O. The van der Waals surface area contributed by atoms with Crippen molar-refractivity contribution in [3.63, 3.8) is 0 Å². The molecule has 0 saturated heterocycles. The molecule has 5 heteroatoms. The van der Waals surface area contributed by atoms with Crippen molar-refractivity contribution in [1.29, 1.82) is 0 Å². The second-order valence-electron chi connectivity index (χ2n) is 5.07. The van der Waals surface area contributed by atoms with E-state index in [2.05, 4.69) is 39.2 Å². The van der Waals surface area contributed by atoms with Crippen LogP contribution in [0.5, 0.6) is 0 Å². The van der Waals surface area contributed by atoms with Gasteiger partial charge in [0.05, 0.1) is 11.9 Å². The standard InChI is InChI=1S/C17H22N4O/c1-3-21(15-8-5-4-6-9-15)11-7-10-18-17(22)16-13-19-14(2)12-20-16/h4-6,8-9,12-13H,3,7,10-11H2,1-2H3,(H,18,22). The highest BCUT2D eigenvalue weighted by Gasteiger charge is 2.07. The summed E-state index contributed by atoms with van der Waals surface area (Å²) < 4.78 is 0. The van der Waals surface area contributed by atoms with Crippen LogP contribution in [0.3, 0.4) is 0 Å². The third kappa shape index (κ3) is 4.55. The third-order valence-corrected chi connectivity index (χ3v) is 3.41. The number of amides is 1. The number of hydrogen-bond acceptors (Lipinski definition) is 4. The summed E-state index contributed by atoms with van der Waals surface area (Å²) in [6, 6.07) is 10.3. The van der Waals surface area contributed by atoms with E-state index in [1.54, 1.807) is 6.20 Å². The molecule has 0 radical (unpaired) electrons. The Morgan fingerprint density at radius 3 is 2.59 bits per heavy atom. The maximum atomic E-state index is 11.9. The van der Waals surface area contributed by atoms with E-state index in [0.29, 0.717) is 12.2 Å². The van der Waals surface area contributed by atoms with Crippen molar-refractivity contribution in [2.75, 3.05) is 24.5 Å². The minimum absolute atomic E-state index is 0.171. The van der Waals surface area contributed by atoms with Gasteiger partial charge in [0.15, 0.2) is 0 Å². The summed E-state index contributed by atoms with van der Waals surface area (Å²) >= 11 is 0. The fraction of sp³-hybridized carbons (Fsp3) is 0.353. The molecule has 0 atom stereocenters. The third-order valence-electron chi connectivity index (χ3n) is 3.41. The van der Waals surface area contributed by atoms with Gasteiger partial charge in [-0.1, -0.05) is 18.2 Å². The predicted molar refractivity (Wildman–Crippen MR) is 88.0 cm³/mol. The summed E-state index contributed by atoms with van der Waals surface area (Å²) in [4.78, 5) is 22.4. The number of nitrogens with zero attached hydrogens (tertiary/aromatic N) is 3. The Bertz CT molecular complexity index is 583. The van der Waals surface area contributed by atoms with Crippen LogP contribution in [-0.4, -0.2) is 35.5 Å². The summed E-state index contributed by atoms with van der Waals surface area (Å²) in [6.45, 7) is 6.45. The summed E-state index contributed by atoms with van der Waals surface area (Å²) in [5.74, 6) is -0.171. The quantitative estimate of drug-likeness (QED) is 0.798. The smallest absolute Gasteiger partial charge is 0.271 e. The molecule has 22 heavy (non-hydrogen) atoms. The number of carbonyl (C=O) groups is 1. The first kappa shape index (κ1) is 15.9. The van der Waals surface area contributed by atoms with Gasteiger partial charge in [-0.15, -0.1) is 0 Å². The number of anilines is 1. The molecule has 5 nitrogen and oxygen atoms in total. The molecule has 0 spiro atoms. The highest BCUT2D eigenvalue weighted by atomic mass is 16.1. The molecule has 0 saturated carbocycles. The van der Waals surface area contributed by atoms with Crippen molar-refractivity contribution >= 4 is 11.6 Å². The van der Waals surface area contributed by atoms with E-state index in [9.17, 15) is 4.79 Å². The number of nitrogens with one attached hydrogen (secondary N) is 1. The second-order valence-corrected chi connectivity index (χ2v) is 5.07. The van der Waals surface area contributed by atoms with E-state index >= 15 is 0 Å². The first-order valence-electron chi connectivity index (χ1n) is 7.57. The number of rotatable bonds is 7. The van der Waals surface area contributed by atoms with Crippen molar-refractivity contribution in [2.24, 2.45) is 0 Å². The van der Waals surface area contributed by atoms with Gasteiger partial charge in [0, 0.05) is 31.5 Å². The van der Waals surface area contributed by atoms with Crippen LogP contribution in [0, 0.1) is 6.92 Å². The second kappa shape index (κ2) is 8.12. The zero-order valence-corrected chi connectivity index (χ0v) is 13.1. The van der Waals surface area contributed by atoms with Crippen molar-refractivity contribution in [2.45, 2.75) is 20.3 Å². The number of carbonyl (C=O) groups excluding carboxylic acids is 1. The molecule has 0 unspecified atom stereocenters. The molecule has 0 aliphatic rings. The van der Waals surface area contributed by atoms with Crippen LogP contribution < -0.4 is 10.2 Å². The predicted octanol–water partition coefficient (Wildman–Crippen LogP) is 2.43. The summed E-state index contributed by atoms with van der Waals surface area (Å²) in [5, 5.41) is 2.88. The molecule has 0 aliphatic heterocycles. The van der Waals surface area contributed by atoms with Gasteiger partial charge in [-0.25, -0.2) is 4.98 Å². The Morgan fingerprint density at radius 2 is 1.95 bits per heavy atom. The molecule has 1 N–H and O–H groups in total. The molecule has 1 heterocycles. The number of aromatic nitrogens is 2. The zero-order valence-electron chi connectivity index (χ0n) is 13.1. The lowest BCUT2D eigenvalue weighted by Crippen LogP contribution is -2.30. The fourth-order valence-electron chi connectivity index (χ4n) is 2.18. The summed E-state index contributed by atoms with van der Waals surface area (Å²) in [6.07, 6.45) is 3.99. The molecule has 1 aromatic heterocycles. The SMILES string of the molecule is CCN(CCCNC(=O)c1cnc(C)cn1)c1ccccc1. The van der Waals surface area contributed by atoms with Crippen LogP contribution in [0.15, 0.2) is 42.7 Å². The van der Waals surface area contributed by atoms with Gasteiger partial charge in [0.2, 0.25) is 0 Å². The van der Waals surface area contributed by atoms with Crippen molar-refractivity contribution in [3.05, 3.63) is 54.1 Å². The van der Waals surface area contributed by atoms with Crippen molar-refractivity contribution < 1.29 is 4.79 Å². The number of hydrogen-bond donors (Lipinski definition) is 1. The van der Waals surface area contributed by atoms with E-state index in [0.717, 1.165) is 25.2 Å². The van der Waals surface area contributed by atoms with E-state index in [4.69, 9.17) is 0 Å². The normalized spacial score (nSPS) is 10.3. The van der Waals surface area contributed by atoms with Gasteiger partial charge in [-0.3, -0.25) is 9.78 Å². The van der Waals surface area contributed by atoms with Crippen LogP contribution in [0.4, 0.5) is 5.69 Å². The van der Waals surface area contributed by atoms with Gasteiger partial charge in [-0.2, -0.15) is 0 Å². The van der Waals surface area contributed by atoms with Crippen molar-refractivity contribution in [1.82, 2.24) is 15.3 Å². The lowest BCUT2D eigenvalue weighted by atomic mass is 10.2. The highest BCUT2D eigenvalue weighted by molar-refractivity contribution is 5.91. The van der Waals surface area contributed by atoms with E-state index in [1.165, 1.54) is 11.9 Å². The Hall–Kier alpha value is -2.43. The molecule has 0 bridgehead atoms. The maximum absolute atomic E-state index is 11.9. The minimum Gasteiger partial charge on any atom is -0.372 e. The van der Waals surface area contributed by atoms with E-state index in [-0.39, 0.29) is 5.91 Å². The molecule has 116 valence electrons. The van der Waals surface area contributed by atoms with E-state index < -0.39 is 0 Å². The lowest BCUT2D eigenvalue weighted by Gasteiger charge is -2.23. The molecule has 2 rings (SSSR count). The Morgan fingerprint density at radius 1 is 1.18 bits per heavy atom. The van der Waals surface area contributed by atoms with Crippen LogP contribution in [-0.2, 0) is 0 Å². The Labute approximate surface area is 131 Å². The molecule has 0 fully saturated rings. The molecule has 2 aromatic rings. The van der Waals surface area contributed by atoms with Gasteiger partial charge >= 0.3 is 0 Å². The average molecular weight is 298 g/mol. The molecular weight excluding hydrogens is 276 g/mol. The first-order valence-corrected chi connectivity index (χ1v) is 7.57. The monoisotopic (exact) mass is 298 g/mol. The van der Waals surface area contributed by atoms with Crippen LogP contribution in [0.1, 0.15) is 29.5 Å². The topological polar surface area (TPSA) is 58.1 Å². The van der Waals surface area contributed by atoms with Gasteiger partial charge < -0.3 is 10.2 Å². The molecule has 0 aliphatic carbocycles. The first-order chi connectivity index (χ1) is 10.7. The van der Waals surface area contributed by atoms with E-state index in [1.807, 2.05) is 25.1 Å². The molecule has 1 amide bonds. The van der Waals surface area contributed by atoms with Crippen LogP contribution in [0.25, 0.3) is 0 Å². The lowest BCUT2D eigenvalue weighted by molar-refractivity contribution is 0.0948.